The number of carbonyl (C=O) groups is 2. The molecule has 1 unspecified atom stereocenters. The van der Waals surface area contributed by atoms with Crippen molar-refractivity contribution in [3.05, 3.63) is 52.8 Å². The molecule has 2 fully saturated rings. The lowest BCUT2D eigenvalue weighted by atomic mass is 9.78. The van der Waals surface area contributed by atoms with Crippen LogP contribution < -0.4 is 5.32 Å². The Morgan fingerprint density at radius 2 is 1.77 bits per heavy atom. The van der Waals surface area contributed by atoms with Crippen molar-refractivity contribution in [1.82, 2.24) is 24.9 Å². The molecule has 2 aromatic rings. The van der Waals surface area contributed by atoms with Crippen molar-refractivity contribution in [3.8, 4) is 0 Å². The van der Waals surface area contributed by atoms with E-state index in [0.717, 1.165) is 45.3 Å². The van der Waals surface area contributed by atoms with Gasteiger partial charge in [0.1, 0.15) is 5.54 Å². The minimum absolute atomic E-state index is 0.0446. The number of piperidine rings is 1. The number of hydrogen-bond donors (Lipinski definition) is 1. The third-order valence-electron chi connectivity index (χ3n) is 7.78. The number of nitrogens with zero attached hydrogens (tertiary/aromatic N) is 4. The van der Waals surface area contributed by atoms with Crippen molar-refractivity contribution in [2.75, 3.05) is 13.1 Å². The number of carbonyl (C=O) groups excluding carboxylic acids is 2. The predicted octanol–water partition coefficient (Wildman–Crippen LogP) is 2.42. The highest BCUT2D eigenvalue weighted by atomic mass is 16.2. The largest absolute Gasteiger partial charge is 0.325 e. The molecule has 7 heteroatoms. The molecule has 0 spiro atoms. The van der Waals surface area contributed by atoms with Gasteiger partial charge >= 0.3 is 6.03 Å². The van der Waals surface area contributed by atoms with Gasteiger partial charge < -0.3 is 5.32 Å². The number of nitrogens with one attached hydrogen (secondary N) is 1. The lowest BCUT2D eigenvalue weighted by molar-refractivity contribution is -0.134. The molecule has 0 bridgehead atoms. The van der Waals surface area contributed by atoms with E-state index in [1.165, 1.54) is 27.3 Å². The van der Waals surface area contributed by atoms with Gasteiger partial charge in [-0.05, 0) is 69.7 Å². The Morgan fingerprint density at radius 1 is 1.13 bits per heavy atom. The summed E-state index contributed by atoms with van der Waals surface area (Å²) in [7, 11) is 1.97. The molecular weight excluding hydrogens is 390 g/mol. The number of aryl methyl sites for hydroxylation is 1. The van der Waals surface area contributed by atoms with Crippen LogP contribution in [0.2, 0.25) is 0 Å². The molecule has 2 aliphatic heterocycles. The van der Waals surface area contributed by atoms with Gasteiger partial charge in [-0.2, -0.15) is 5.10 Å². The summed E-state index contributed by atoms with van der Waals surface area (Å²) >= 11 is 0. The van der Waals surface area contributed by atoms with Crippen molar-refractivity contribution in [1.29, 1.82) is 0 Å². The van der Waals surface area contributed by atoms with E-state index in [-0.39, 0.29) is 23.9 Å². The average Bonchev–Trinajstić information content (AvgIpc) is 3.39. The Balaban J connectivity index is 1.24. The standard InChI is InChI=1S/C24H31N5O2/c1-16-19(14-25-27(16)3)15-28-10-8-20(9-11-28)24(2)22(30)29(23(31)26-24)21-12-17-6-4-5-7-18(17)13-21/h4-7,14,20-21H,8-13,15H2,1-3H3,(H,26,31). The van der Waals surface area contributed by atoms with Crippen molar-refractivity contribution < 1.29 is 9.59 Å². The summed E-state index contributed by atoms with van der Waals surface area (Å²) in [6, 6.07) is 7.97. The van der Waals surface area contributed by atoms with Crippen LogP contribution in [0.1, 0.15) is 42.1 Å². The molecule has 1 aliphatic carbocycles. The normalized spacial score (nSPS) is 25.3. The summed E-state index contributed by atoms with van der Waals surface area (Å²) in [5, 5.41) is 7.43. The number of imide groups is 1. The topological polar surface area (TPSA) is 70.5 Å². The van der Waals surface area contributed by atoms with Gasteiger partial charge in [-0.25, -0.2) is 4.79 Å². The lowest BCUT2D eigenvalue weighted by Crippen LogP contribution is -2.54. The van der Waals surface area contributed by atoms with Crippen LogP contribution in [0.15, 0.2) is 30.5 Å². The van der Waals surface area contributed by atoms with Gasteiger partial charge in [0, 0.05) is 30.9 Å². The Labute approximate surface area is 183 Å². The Hall–Kier alpha value is -2.67. The molecule has 3 aliphatic rings. The molecule has 1 aromatic carbocycles. The first-order chi connectivity index (χ1) is 14.9. The minimum Gasteiger partial charge on any atom is -0.323 e. The molecule has 31 heavy (non-hydrogen) atoms. The lowest BCUT2D eigenvalue weighted by Gasteiger charge is -2.39. The van der Waals surface area contributed by atoms with Gasteiger partial charge in [0.25, 0.3) is 5.91 Å². The zero-order valence-electron chi connectivity index (χ0n) is 18.6. The number of fused-ring (bicyclic) bond motifs is 1. The number of amides is 3. The first kappa shape index (κ1) is 20.2. The quantitative estimate of drug-likeness (QED) is 0.770. The van der Waals surface area contributed by atoms with Gasteiger partial charge in [0.05, 0.1) is 6.20 Å². The van der Waals surface area contributed by atoms with Crippen LogP contribution in [-0.2, 0) is 31.2 Å². The van der Waals surface area contributed by atoms with Gasteiger partial charge in [-0.3, -0.25) is 19.3 Å². The summed E-state index contributed by atoms with van der Waals surface area (Å²) < 4.78 is 1.91. The van der Waals surface area contributed by atoms with E-state index in [1.54, 1.807) is 0 Å². The summed E-state index contributed by atoms with van der Waals surface area (Å²) in [5.41, 5.74) is 4.15. The minimum atomic E-state index is -0.803. The van der Waals surface area contributed by atoms with Crippen LogP contribution >= 0.6 is 0 Å². The van der Waals surface area contributed by atoms with Gasteiger partial charge in [0.2, 0.25) is 0 Å². The van der Waals surface area contributed by atoms with E-state index in [9.17, 15) is 9.59 Å². The monoisotopic (exact) mass is 421 g/mol. The van der Waals surface area contributed by atoms with Crippen LogP contribution in [0.25, 0.3) is 0 Å². The highest BCUT2D eigenvalue weighted by Crippen LogP contribution is 2.36. The number of benzene rings is 1. The fourth-order valence-corrected chi connectivity index (χ4v) is 5.61. The Bertz CT molecular complexity index is 998. The fraction of sp³-hybridized carbons (Fsp3) is 0.542. The van der Waals surface area contributed by atoms with Crippen LogP contribution in [0.5, 0.6) is 0 Å². The van der Waals surface area contributed by atoms with Gasteiger partial charge in [-0.15, -0.1) is 0 Å². The maximum absolute atomic E-state index is 13.5. The van der Waals surface area contributed by atoms with E-state index in [0.29, 0.717) is 0 Å². The van der Waals surface area contributed by atoms with Crippen LogP contribution in [0, 0.1) is 12.8 Å². The van der Waals surface area contributed by atoms with E-state index < -0.39 is 5.54 Å². The number of likely N-dealkylation sites (tertiary alicyclic amines) is 1. The van der Waals surface area contributed by atoms with Crippen LogP contribution in [0.3, 0.4) is 0 Å². The second-order valence-electron chi connectivity index (χ2n) is 9.57. The molecular formula is C24H31N5O2. The van der Waals surface area contributed by atoms with Crippen molar-refractivity contribution in [2.45, 2.75) is 57.7 Å². The summed E-state index contributed by atoms with van der Waals surface area (Å²) in [6.07, 6.45) is 5.27. The molecule has 1 N–H and O–H groups in total. The average molecular weight is 422 g/mol. The van der Waals surface area contributed by atoms with E-state index in [2.05, 4.69) is 34.4 Å². The number of rotatable bonds is 4. The molecule has 3 heterocycles. The van der Waals surface area contributed by atoms with Crippen LogP contribution in [0.4, 0.5) is 4.79 Å². The van der Waals surface area contributed by atoms with Crippen molar-refractivity contribution >= 4 is 11.9 Å². The van der Waals surface area contributed by atoms with Crippen LogP contribution in [-0.4, -0.2) is 56.2 Å². The smallest absolute Gasteiger partial charge is 0.323 e. The second kappa shape index (κ2) is 7.48. The highest BCUT2D eigenvalue weighted by molar-refractivity contribution is 6.07. The fourth-order valence-electron chi connectivity index (χ4n) is 5.61. The van der Waals surface area contributed by atoms with E-state index in [1.807, 2.05) is 37.0 Å². The summed E-state index contributed by atoms with van der Waals surface area (Å²) in [4.78, 5) is 30.4. The molecule has 0 radical (unpaired) electrons. The summed E-state index contributed by atoms with van der Waals surface area (Å²) in [5.74, 6) is 0.112. The molecule has 3 amide bonds. The molecule has 1 aromatic heterocycles. The second-order valence-corrected chi connectivity index (χ2v) is 9.57. The molecule has 1 atom stereocenters. The first-order valence-corrected chi connectivity index (χ1v) is 11.3. The Kier molecular flexibility index (Phi) is 4.88. The molecule has 2 saturated heterocycles. The summed E-state index contributed by atoms with van der Waals surface area (Å²) in [6.45, 7) is 6.76. The zero-order chi connectivity index (χ0) is 21.8. The third kappa shape index (κ3) is 3.35. The van der Waals surface area contributed by atoms with Crippen molar-refractivity contribution in [3.63, 3.8) is 0 Å². The van der Waals surface area contributed by atoms with E-state index in [4.69, 9.17) is 0 Å². The SMILES string of the molecule is Cc1c(CN2CCC(C3(C)NC(=O)N(C4Cc5ccccc5C4)C3=O)CC2)cnn1C. The zero-order valence-corrected chi connectivity index (χ0v) is 18.6. The first-order valence-electron chi connectivity index (χ1n) is 11.3. The number of urea groups is 1. The number of aromatic nitrogens is 2. The maximum atomic E-state index is 13.5. The predicted molar refractivity (Wildman–Crippen MR) is 117 cm³/mol. The van der Waals surface area contributed by atoms with Gasteiger partial charge in [0.15, 0.2) is 0 Å². The maximum Gasteiger partial charge on any atom is 0.325 e. The molecule has 164 valence electrons. The highest BCUT2D eigenvalue weighted by Gasteiger charge is 2.55. The molecule has 5 rings (SSSR count). The third-order valence-corrected chi connectivity index (χ3v) is 7.78. The van der Waals surface area contributed by atoms with Crippen molar-refractivity contribution in [2.24, 2.45) is 13.0 Å². The molecule has 0 saturated carbocycles. The van der Waals surface area contributed by atoms with Gasteiger partial charge in [-0.1, -0.05) is 24.3 Å². The number of hydrogen-bond acceptors (Lipinski definition) is 4. The van der Waals surface area contributed by atoms with E-state index >= 15 is 0 Å². The molecule has 7 nitrogen and oxygen atoms in total. The Morgan fingerprint density at radius 3 is 2.35 bits per heavy atom.